The monoisotopic (exact) mass is 394 g/mol. The van der Waals surface area contributed by atoms with Crippen LogP contribution in [0.2, 0.25) is 0 Å². The maximum atomic E-state index is 13.2. The maximum Gasteiger partial charge on any atom is 0.238 e. The molecule has 1 amide bonds. The van der Waals surface area contributed by atoms with Crippen LogP contribution in [0, 0.1) is 25.6 Å². The summed E-state index contributed by atoms with van der Waals surface area (Å²) in [5, 5.41) is 10.8. The Bertz CT molecular complexity index is 965. The normalized spacial score (nSPS) is 12.2. The molecule has 29 heavy (non-hydrogen) atoms. The van der Waals surface area contributed by atoms with E-state index in [-0.39, 0.29) is 30.2 Å². The number of amides is 1. The minimum atomic E-state index is -0.268. The van der Waals surface area contributed by atoms with Crippen LogP contribution in [0.5, 0.6) is 0 Å². The van der Waals surface area contributed by atoms with Crippen molar-refractivity contribution < 1.29 is 9.18 Å². The summed E-state index contributed by atoms with van der Waals surface area (Å²) in [5.41, 5.74) is 4.27. The minimum Gasteiger partial charge on any atom is -0.322 e. The third kappa shape index (κ3) is 4.90. The molecule has 0 fully saturated rings. The molecule has 152 valence electrons. The highest BCUT2D eigenvalue weighted by Crippen LogP contribution is 2.24. The summed E-state index contributed by atoms with van der Waals surface area (Å²) in [6.07, 6.45) is 0. The van der Waals surface area contributed by atoms with Gasteiger partial charge in [0.1, 0.15) is 5.82 Å². The van der Waals surface area contributed by atoms with Crippen molar-refractivity contribution in [2.45, 2.75) is 33.7 Å². The predicted octanol–water partition coefficient (Wildman–Crippen LogP) is 4.55. The van der Waals surface area contributed by atoms with Crippen molar-refractivity contribution in [1.82, 2.24) is 15.1 Å². The molecule has 0 radical (unpaired) electrons. The summed E-state index contributed by atoms with van der Waals surface area (Å²) >= 11 is 0. The number of benzene rings is 2. The van der Waals surface area contributed by atoms with E-state index in [1.807, 2.05) is 48.9 Å². The Morgan fingerprint density at radius 1 is 1.07 bits per heavy atom. The number of nitrogens with zero attached hydrogens (tertiary/aromatic N) is 2. The van der Waals surface area contributed by atoms with Crippen molar-refractivity contribution in [3.63, 3.8) is 0 Å². The molecule has 1 atom stereocenters. The van der Waals surface area contributed by atoms with Gasteiger partial charge in [-0.1, -0.05) is 44.2 Å². The summed E-state index contributed by atoms with van der Waals surface area (Å²) in [7, 11) is 0. The number of para-hydroxylation sites is 1. The number of rotatable bonds is 7. The van der Waals surface area contributed by atoms with Gasteiger partial charge in [0.05, 0.1) is 29.3 Å². The van der Waals surface area contributed by atoms with Crippen molar-refractivity contribution in [2.75, 3.05) is 11.9 Å². The van der Waals surface area contributed by atoms with Gasteiger partial charge in [0.25, 0.3) is 0 Å². The first-order valence-corrected chi connectivity index (χ1v) is 9.77. The fraction of sp³-hybridized carbons (Fsp3) is 0.304. The molecule has 0 aliphatic rings. The number of aromatic nitrogens is 2. The van der Waals surface area contributed by atoms with Gasteiger partial charge in [0.2, 0.25) is 5.91 Å². The van der Waals surface area contributed by atoms with E-state index in [0.29, 0.717) is 0 Å². The van der Waals surface area contributed by atoms with Crippen molar-refractivity contribution in [2.24, 2.45) is 5.92 Å². The van der Waals surface area contributed by atoms with Crippen LogP contribution in [0.1, 0.15) is 36.8 Å². The standard InChI is InChI=1S/C23H27FN4O/c1-15(2)22(18-10-12-19(24)13-11-18)25-14-21(29)26-23-16(3)27-28(17(23)4)20-8-6-5-7-9-20/h5-13,15,22,25H,14H2,1-4H3,(H,26,29). The van der Waals surface area contributed by atoms with Gasteiger partial charge in [-0.15, -0.1) is 0 Å². The van der Waals surface area contributed by atoms with Gasteiger partial charge < -0.3 is 10.6 Å². The number of halogens is 1. The Morgan fingerprint density at radius 2 is 1.72 bits per heavy atom. The third-order valence-electron chi connectivity index (χ3n) is 4.93. The molecule has 0 saturated carbocycles. The fourth-order valence-electron chi connectivity index (χ4n) is 3.44. The van der Waals surface area contributed by atoms with E-state index < -0.39 is 0 Å². The molecule has 5 nitrogen and oxygen atoms in total. The Kier molecular flexibility index (Phi) is 6.44. The number of nitrogens with one attached hydrogen (secondary N) is 2. The van der Waals surface area contributed by atoms with Crippen molar-refractivity contribution >= 4 is 11.6 Å². The van der Waals surface area contributed by atoms with Crippen LogP contribution in [-0.2, 0) is 4.79 Å². The van der Waals surface area contributed by atoms with Gasteiger partial charge in [-0.05, 0) is 49.6 Å². The molecule has 2 aromatic carbocycles. The number of aryl methyl sites for hydroxylation is 1. The second-order valence-corrected chi connectivity index (χ2v) is 7.50. The van der Waals surface area contributed by atoms with E-state index in [9.17, 15) is 9.18 Å². The smallest absolute Gasteiger partial charge is 0.238 e. The number of anilines is 1. The van der Waals surface area contributed by atoms with E-state index in [1.165, 1.54) is 12.1 Å². The highest BCUT2D eigenvalue weighted by Gasteiger charge is 2.19. The van der Waals surface area contributed by atoms with Crippen LogP contribution in [0.25, 0.3) is 5.69 Å². The van der Waals surface area contributed by atoms with Gasteiger partial charge in [0, 0.05) is 6.04 Å². The van der Waals surface area contributed by atoms with Crippen LogP contribution in [0.3, 0.4) is 0 Å². The number of carbonyl (C=O) groups excluding carboxylic acids is 1. The summed E-state index contributed by atoms with van der Waals surface area (Å²) < 4.78 is 15.0. The lowest BCUT2D eigenvalue weighted by Crippen LogP contribution is -2.33. The Morgan fingerprint density at radius 3 is 2.34 bits per heavy atom. The molecule has 0 spiro atoms. The fourth-order valence-corrected chi connectivity index (χ4v) is 3.44. The lowest BCUT2D eigenvalue weighted by atomic mass is 9.96. The Labute approximate surface area is 170 Å². The first kappa shape index (κ1) is 20.7. The first-order chi connectivity index (χ1) is 13.9. The zero-order valence-electron chi connectivity index (χ0n) is 17.2. The Hall–Kier alpha value is -2.99. The molecule has 1 unspecified atom stereocenters. The predicted molar refractivity (Wildman–Crippen MR) is 114 cm³/mol. The van der Waals surface area contributed by atoms with Gasteiger partial charge in [-0.25, -0.2) is 9.07 Å². The summed E-state index contributed by atoms with van der Waals surface area (Å²) in [6, 6.07) is 16.2. The van der Waals surface area contributed by atoms with Crippen molar-refractivity contribution in [1.29, 1.82) is 0 Å². The zero-order chi connectivity index (χ0) is 21.0. The van der Waals surface area contributed by atoms with Crippen LogP contribution in [0.15, 0.2) is 54.6 Å². The molecule has 0 saturated heterocycles. The van der Waals surface area contributed by atoms with E-state index in [2.05, 4.69) is 29.6 Å². The van der Waals surface area contributed by atoms with Crippen molar-refractivity contribution in [3.8, 4) is 5.69 Å². The average Bonchev–Trinajstić information content (AvgIpc) is 2.98. The number of hydrogen-bond acceptors (Lipinski definition) is 3. The van der Waals surface area contributed by atoms with E-state index >= 15 is 0 Å². The summed E-state index contributed by atoms with van der Waals surface area (Å²) in [5.74, 6) is -0.162. The average molecular weight is 394 g/mol. The SMILES string of the molecule is Cc1nn(-c2ccccc2)c(C)c1NC(=O)CNC(c1ccc(F)cc1)C(C)C. The van der Waals surface area contributed by atoms with Crippen LogP contribution >= 0.6 is 0 Å². The highest BCUT2D eigenvalue weighted by atomic mass is 19.1. The molecule has 6 heteroatoms. The highest BCUT2D eigenvalue weighted by molar-refractivity contribution is 5.93. The molecule has 0 aliphatic heterocycles. The molecule has 3 aromatic rings. The van der Waals surface area contributed by atoms with Crippen molar-refractivity contribution in [3.05, 3.63) is 77.4 Å². The second-order valence-electron chi connectivity index (χ2n) is 7.50. The maximum absolute atomic E-state index is 13.2. The van der Waals surface area contributed by atoms with E-state index in [0.717, 1.165) is 28.3 Å². The van der Waals surface area contributed by atoms with Gasteiger partial charge in [0.15, 0.2) is 0 Å². The molecule has 2 N–H and O–H groups in total. The molecular weight excluding hydrogens is 367 g/mol. The lowest BCUT2D eigenvalue weighted by Gasteiger charge is -2.23. The van der Waals surface area contributed by atoms with E-state index in [4.69, 9.17) is 0 Å². The quantitative estimate of drug-likeness (QED) is 0.618. The summed E-state index contributed by atoms with van der Waals surface area (Å²) in [6.45, 7) is 8.10. The molecule has 1 heterocycles. The molecule has 3 rings (SSSR count). The van der Waals surface area contributed by atoms with Gasteiger partial charge in [-0.3, -0.25) is 4.79 Å². The molecule has 1 aromatic heterocycles. The van der Waals surface area contributed by atoms with Gasteiger partial charge in [-0.2, -0.15) is 5.10 Å². The minimum absolute atomic E-state index is 0.0458. The van der Waals surface area contributed by atoms with Gasteiger partial charge >= 0.3 is 0 Å². The second kappa shape index (κ2) is 9.01. The summed E-state index contributed by atoms with van der Waals surface area (Å²) in [4.78, 5) is 12.6. The number of carbonyl (C=O) groups is 1. The Balaban J connectivity index is 1.69. The largest absolute Gasteiger partial charge is 0.322 e. The van der Waals surface area contributed by atoms with Crippen LogP contribution in [-0.4, -0.2) is 22.2 Å². The van der Waals surface area contributed by atoms with Crippen LogP contribution in [0.4, 0.5) is 10.1 Å². The molecule has 0 bridgehead atoms. The molecular formula is C23H27FN4O. The lowest BCUT2D eigenvalue weighted by molar-refractivity contribution is -0.115. The number of hydrogen-bond donors (Lipinski definition) is 2. The topological polar surface area (TPSA) is 59.0 Å². The third-order valence-corrected chi connectivity index (χ3v) is 4.93. The molecule has 0 aliphatic carbocycles. The first-order valence-electron chi connectivity index (χ1n) is 9.77. The zero-order valence-corrected chi connectivity index (χ0v) is 17.2. The van der Waals surface area contributed by atoms with E-state index in [1.54, 1.807) is 12.1 Å². The van der Waals surface area contributed by atoms with Crippen LogP contribution < -0.4 is 10.6 Å².